The van der Waals surface area contributed by atoms with Crippen LogP contribution < -0.4 is 5.32 Å². The first-order valence-electron chi connectivity index (χ1n) is 6.58. The van der Waals surface area contributed by atoms with Gasteiger partial charge < -0.3 is 10.1 Å². The van der Waals surface area contributed by atoms with Gasteiger partial charge in [0, 0.05) is 30.4 Å². The number of hydrogen-bond acceptors (Lipinski definition) is 4. The second-order valence-corrected chi connectivity index (χ2v) is 5.42. The number of nitrogens with zero attached hydrogens (tertiary/aromatic N) is 2. The molecule has 0 amide bonds. The molecule has 0 unspecified atom stereocenters. The summed E-state index contributed by atoms with van der Waals surface area (Å²) in [5.74, 6) is 1.58. The van der Waals surface area contributed by atoms with Crippen molar-refractivity contribution in [3.8, 4) is 0 Å². The molecule has 1 aliphatic carbocycles. The smallest absolute Gasteiger partial charge is 0.133 e. The molecule has 2 aliphatic rings. The van der Waals surface area contributed by atoms with E-state index in [0.29, 0.717) is 5.88 Å². The van der Waals surface area contributed by atoms with E-state index in [1.54, 1.807) is 6.33 Å². The summed E-state index contributed by atoms with van der Waals surface area (Å²) in [6.45, 7) is 1.54. The standard InChI is InChI=1S/C13H18ClN3O/c14-8-13(4-6-18-7-5-13)17-12-10-2-1-3-11(10)15-9-16-12/h9H,1-8H2,(H,15,16,17). The Labute approximate surface area is 112 Å². The lowest BCUT2D eigenvalue weighted by Gasteiger charge is -2.37. The van der Waals surface area contributed by atoms with Crippen LogP contribution in [0.3, 0.4) is 0 Å². The van der Waals surface area contributed by atoms with Crippen molar-refractivity contribution < 1.29 is 4.74 Å². The fourth-order valence-corrected chi connectivity index (χ4v) is 3.11. The number of aromatic nitrogens is 2. The van der Waals surface area contributed by atoms with Crippen molar-refractivity contribution in [3.63, 3.8) is 0 Å². The molecule has 3 rings (SSSR count). The molecular weight excluding hydrogens is 250 g/mol. The first-order valence-corrected chi connectivity index (χ1v) is 7.11. The number of ether oxygens (including phenoxy) is 1. The van der Waals surface area contributed by atoms with Gasteiger partial charge in [-0.2, -0.15) is 0 Å². The molecule has 1 aromatic heterocycles. The summed E-state index contributed by atoms with van der Waals surface area (Å²) in [6.07, 6.45) is 6.87. The third kappa shape index (κ3) is 2.19. The molecule has 1 aliphatic heterocycles. The first kappa shape index (κ1) is 12.2. The Balaban J connectivity index is 1.85. The summed E-state index contributed by atoms with van der Waals surface area (Å²) in [5.41, 5.74) is 2.42. The van der Waals surface area contributed by atoms with Crippen molar-refractivity contribution in [2.75, 3.05) is 24.4 Å². The highest BCUT2D eigenvalue weighted by Crippen LogP contribution is 2.31. The van der Waals surface area contributed by atoms with E-state index in [9.17, 15) is 0 Å². The van der Waals surface area contributed by atoms with E-state index in [4.69, 9.17) is 16.3 Å². The zero-order valence-corrected chi connectivity index (χ0v) is 11.2. The van der Waals surface area contributed by atoms with E-state index < -0.39 is 0 Å². The van der Waals surface area contributed by atoms with Crippen molar-refractivity contribution in [2.24, 2.45) is 0 Å². The van der Waals surface area contributed by atoms with Crippen molar-refractivity contribution in [3.05, 3.63) is 17.6 Å². The minimum atomic E-state index is -0.0650. The fraction of sp³-hybridized carbons (Fsp3) is 0.692. The highest BCUT2D eigenvalue weighted by atomic mass is 35.5. The number of fused-ring (bicyclic) bond motifs is 1. The second-order valence-electron chi connectivity index (χ2n) is 5.15. The Morgan fingerprint density at radius 3 is 2.89 bits per heavy atom. The monoisotopic (exact) mass is 267 g/mol. The van der Waals surface area contributed by atoms with Crippen LogP contribution in [-0.2, 0) is 17.6 Å². The van der Waals surface area contributed by atoms with Gasteiger partial charge >= 0.3 is 0 Å². The van der Waals surface area contributed by atoms with E-state index in [-0.39, 0.29) is 5.54 Å². The maximum Gasteiger partial charge on any atom is 0.133 e. The van der Waals surface area contributed by atoms with Crippen molar-refractivity contribution in [1.29, 1.82) is 0 Å². The Bertz CT molecular complexity index is 432. The maximum atomic E-state index is 6.18. The van der Waals surface area contributed by atoms with Gasteiger partial charge in [-0.25, -0.2) is 9.97 Å². The van der Waals surface area contributed by atoms with Gasteiger partial charge in [0.2, 0.25) is 0 Å². The number of halogens is 1. The fourth-order valence-electron chi connectivity index (χ4n) is 2.77. The molecule has 1 saturated heterocycles. The van der Waals surface area contributed by atoms with Gasteiger partial charge in [-0.15, -0.1) is 11.6 Å². The molecule has 1 fully saturated rings. The average Bonchev–Trinajstić information content (AvgIpc) is 2.89. The number of alkyl halides is 1. The summed E-state index contributed by atoms with van der Waals surface area (Å²) in [5, 5.41) is 3.58. The van der Waals surface area contributed by atoms with Crippen LogP contribution in [0.1, 0.15) is 30.5 Å². The Hall–Kier alpha value is -0.870. The zero-order chi connectivity index (χ0) is 12.4. The van der Waals surface area contributed by atoms with Gasteiger partial charge in [-0.05, 0) is 32.1 Å². The number of hydrogen-bond donors (Lipinski definition) is 1. The Kier molecular flexibility index (Phi) is 3.39. The lowest BCUT2D eigenvalue weighted by atomic mass is 9.92. The van der Waals surface area contributed by atoms with E-state index in [1.165, 1.54) is 17.7 Å². The first-order chi connectivity index (χ1) is 8.83. The molecule has 0 saturated carbocycles. The Morgan fingerprint density at radius 1 is 1.28 bits per heavy atom. The minimum Gasteiger partial charge on any atom is -0.381 e. The molecule has 98 valence electrons. The van der Waals surface area contributed by atoms with Crippen LogP contribution in [0, 0.1) is 0 Å². The van der Waals surface area contributed by atoms with E-state index in [0.717, 1.165) is 44.7 Å². The molecule has 1 aromatic rings. The molecule has 0 bridgehead atoms. The maximum absolute atomic E-state index is 6.18. The largest absolute Gasteiger partial charge is 0.381 e. The van der Waals surface area contributed by atoms with Gasteiger partial charge in [-0.1, -0.05) is 0 Å². The normalized spacial score (nSPS) is 21.6. The molecular formula is C13H18ClN3O. The average molecular weight is 268 g/mol. The third-order valence-electron chi connectivity index (χ3n) is 3.96. The van der Waals surface area contributed by atoms with Gasteiger partial charge in [0.05, 0.1) is 5.54 Å². The predicted octanol–water partition coefficient (Wildman–Crippen LogP) is 2.17. The highest BCUT2D eigenvalue weighted by Gasteiger charge is 2.33. The number of aryl methyl sites for hydroxylation is 1. The van der Waals surface area contributed by atoms with Crippen molar-refractivity contribution in [2.45, 2.75) is 37.6 Å². The van der Waals surface area contributed by atoms with E-state index in [2.05, 4.69) is 15.3 Å². The molecule has 0 spiro atoms. The second kappa shape index (κ2) is 5.02. The van der Waals surface area contributed by atoms with Crippen LogP contribution in [0.25, 0.3) is 0 Å². The quantitative estimate of drug-likeness (QED) is 0.853. The van der Waals surface area contributed by atoms with Crippen LogP contribution >= 0.6 is 11.6 Å². The summed E-state index contributed by atoms with van der Waals surface area (Å²) in [4.78, 5) is 8.77. The molecule has 0 radical (unpaired) electrons. The molecule has 2 heterocycles. The van der Waals surface area contributed by atoms with Crippen molar-refractivity contribution >= 4 is 17.4 Å². The molecule has 0 aromatic carbocycles. The number of anilines is 1. The van der Waals surface area contributed by atoms with Gasteiger partial charge in [0.1, 0.15) is 12.1 Å². The molecule has 5 heteroatoms. The summed E-state index contributed by atoms with van der Waals surface area (Å²) < 4.78 is 5.43. The third-order valence-corrected chi connectivity index (χ3v) is 4.48. The van der Waals surface area contributed by atoms with Crippen LogP contribution in [-0.4, -0.2) is 34.6 Å². The van der Waals surface area contributed by atoms with Crippen LogP contribution in [0.2, 0.25) is 0 Å². The summed E-state index contributed by atoms with van der Waals surface area (Å²) in [7, 11) is 0. The molecule has 0 atom stereocenters. The van der Waals surface area contributed by atoms with Gasteiger partial charge in [0.15, 0.2) is 0 Å². The zero-order valence-electron chi connectivity index (χ0n) is 10.4. The number of nitrogens with one attached hydrogen (secondary N) is 1. The predicted molar refractivity (Wildman–Crippen MR) is 71.2 cm³/mol. The topological polar surface area (TPSA) is 47.0 Å². The van der Waals surface area contributed by atoms with Gasteiger partial charge in [0.25, 0.3) is 0 Å². The SMILES string of the molecule is ClCC1(Nc2ncnc3c2CCC3)CCOCC1. The minimum absolute atomic E-state index is 0.0650. The summed E-state index contributed by atoms with van der Waals surface area (Å²) in [6, 6.07) is 0. The van der Waals surface area contributed by atoms with E-state index >= 15 is 0 Å². The lowest BCUT2D eigenvalue weighted by molar-refractivity contribution is 0.0666. The molecule has 1 N–H and O–H groups in total. The number of rotatable bonds is 3. The van der Waals surface area contributed by atoms with Gasteiger partial charge in [-0.3, -0.25) is 0 Å². The lowest BCUT2D eigenvalue weighted by Crippen LogP contribution is -2.45. The van der Waals surface area contributed by atoms with Crippen LogP contribution in [0.15, 0.2) is 6.33 Å². The highest BCUT2D eigenvalue weighted by molar-refractivity contribution is 6.18. The van der Waals surface area contributed by atoms with E-state index in [1.807, 2.05) is 0 Å². The molecule has 18 heavy (non-hydrogen) atoms. The van der Waals surface area contributed by atoms with Crippen LogP contribution in [0.5, 0.6) is 0 Å². The molecule has 4 nitrogen and oxygen atoms in total. The summed E-state index contributed by atoms with van der Waals surface area (Å²) >= 11 is 6.18. The van der Waals surface area contributed by atoms with Crippen LogP contribution in [0.4, 0.5) is 5.82 Å². The van der Waals surface area contributed by atoms with Crippen molar-refractivity contribution in [1.82, 2.24) is 9.97 Å². The Morgan fingerprint density at radius 2 is 2.11 bits per heavy atom.